The molecule has 3 aromatic rings. The van der Waals surface area contributed by atoms with E-state index in [9.17, 15) is 23.1 Å². The molecule has 0 saturated heterocycles. The lowest BCUT2D eigenvalue weighted by atomic mass is 9.99. The van der Waals surface area contributed by atoms with Crippen molar-refractivity contribution in [3.05, 3.63) is 88.9 Å². The number of halogens is 3. The van der Waals surface area contributed by atoms with Crippen LogP contribution in [0.25, 0.3) is 11.1 Å². The third kappa shape index (κ3) is 4.64. The van der Waals surface area contributed by atoms with Crippen LogP contribution in [0.15, 0.2) is 60.8 Å². The summed E-state index contributed by atoms with van der Waals surface area (Å²) in [6, 6.07) is 14.9. The molecule has 8 heteroatoms. The van der Waals surface area contributed by atoms with Gasteiger partial charge >= 0.3 is 12.1 Å². The molecule has 2 aromatic heterocycles. The first-order chi connectivity index (χ1) is 15.3. The first kappa shape index (κ1) is 21.5. The summed E-state index contributed by atoms with van der Waals surface area (Å²) in [4.78, 5) is 19.5. The van der Waals surface area contributed by atoms with Gasteiger partial charge in [-0.3, -0.25) is 0 Å². The number of benzene rings is 1. The van der Waals surface area contributed by atoms with E-state index in [0.29, 0.717) is 36.1 Å². The minimum atomic E-state index is -4.56. The fraction of sp³-hybridized carbons (Fsp3) is 0.208. The van der Waals surface area contributed by atoms with Crippen LogP contribution in [0.5, 0.6) is 5.88 Å². The van der Waals surface area contributed by atoms with Crippen LogP contribution >= 0.6 is 0 Å². The summed E-state index contributed by atoms with van der Waals surface area (Å²) < 4.78 is 46.1. The van der Waals surface area contributed by atoms with E-state index in [-0.39, 0.29) is 23.7 Å². The van der Waals surface area contributed by atoms with Crippen molar-refractivity contribution in [1.82, 2.24) is 9.97 Å². The molecule has 5 nitrogen and oxygen atoms in total. The molecule has 1 aliphatic rings. The van der Waals surface area contributed by atoms with Crippen molar-refractivity contribution in [2.45, 2.75) is 32.0 Å². The molecule has 0 spiro atoms. The Morgan fingerprint density at radius 3 is 2.50 bits per heavy atom. The Morgan fingerprint density at radius 2 is 1.78 bits per heavy atom. The number of carboxylic acid groups (broad SMARTS) is 1. The van der Waals surface area contributed by atoms with E-state index in [1.807, 2.05) is 30.3 Å². The van der Waals surface area contributed by atoms with Crippen LogP contribution in [0.4, 0.5) is 13.2 Å². The number of hydrogen-bond donors (Lipinski definition) is 1. The molecule has 4 rings (SSSR count). The molecule has 1 aliphatic carbocycles. The molecular weight excluding hydrogens is 421 g/mol. The Balaban J connectivity index is 1.79. The fourth-order valence-electron chi connectivity index (χ4n) is 3.71. The van der Waals surface area contributed by atoms with Gasteiger partial charge in [0, 0.05) is 11.8 Å². The zero-order valence-electron chi connectivity index (χ0n) is 16.9. The van der Waals surface area contributed by atoms with Crippen molar-refractivity contribution in [2.75, 3.05) is 0 Å². The number of alkyl halides is 3. The van der Waals surface area contributed by atoms with E-state index in [4.69, 9.17) is 4.74 Å². The monoisotopic (exact) mass is 440 g/mol. The number of aromatic nitrogens is 2. The zero-order chi connectivity index (χ0) is 22.7. The van der Waals surface area contributed by atoms with Gasteiger partial charge < -0.3 is 9.84 Å². The highest BCUT2D eigenvalue weighted by atomic mass is 19.4. The molecule has 0 fully saturated rings. The normalized spacial score (nSPS) is 14.0. The molecule has 1 N–H and O–H groups in total. The molecule has 0 unspecified atom stereocenters. The van der Waals surface area contributed by atoms with Crippen LogP contribution in [0, 0.1) is 0 Å². The summed E-state index contributed by atoms with van der Waals surface area (Å²) in [5, 5.41) is 9.25. The van der Waals surface area contributed by atoms with Crippen LogP contribution in [0.2, 0.25) is 0 Å². The van der Waals surface area contributed by atoms with Crippen LogP contribution in [0.1, 0.15) is 52.1 Å². The molecule has 1 aromatic carbocycles. The van der Waals surface area contributed by atoms with Crippen LogP contribution < -0.4 is 4.74 Å². The maximum Gasteiger partial charge on any atom is 0.417 e. The molecule has 2 heterocycles. The summed E-state index contributed by atoms with van der Waals surface area (Å²) in [6.45, 7) is 0.154. The average Bonchev–Trinajstić information content (AvgIpc) is 3.27. The Labute approximate surface area is 182 Å². The van der Waals surface area contributed by atoms with Gasteiger partial charge in [-0.1, -0.05) is 36.4 Å². The molecule has 164 valence electrons. The predicted octanol–water partition coefficient (Wildman–Crippen LogP) is 5.87. The van der Waals surface area contributed by atoms with Crippen molar-refractivity contribution >= 4 is 17.1 Å². The second-order valence-electron chi connectivity index (χ2n) is 7.37. The third-order valence-corrected chi connectivity index (χ3v) is 5.22. The molecule has 0 amide bonds. The molecule has 0 atom stereocenters. The van der Waals surface area contributed by atoms with Crippen LogP contribution in [-0.2, 0) is 12.8 Å². The van der Waals surface area contributed by atoms with Gasteiger partial charge in [-0.15, -0.1) is 0 Å². The summed E-state index contributed by atoms with van der Waals surface area (Å²) in [5.41, 5.74) is 1.90. The number of hydrogen-bond acceptors (Lipinski definition) is 4. The highest BCUT2D eigenvalue weighted by molar-refractivity contribution is 5.94. The highest BCUT2D eigenvalue weighted by Gasteiger charge is 2.33. The van der Waals surface area contributed by atoms with Crippen LogP contribution in [-0.4, -0.2) is 21.0 Å². The van der Waals surface area contributed by atoms with E-state index >= 15 is 0 Å². The zero-order valence-corrected chi connectivity index (χ0v) is 16.9. The van der Waals surface area contributed by atoms with Gasteiger partial charge in [0.25, 0.3) is 0 Å². The number of pyridine rings is 2. The van der Waals surface area contributed by atoms with Gasteiger partial charge in [0.2, 0.25) is 5.88 Å². The second-order valence-corrected chi connectivity index (χ2v) is 7.37. The largest absolute Gasteiger partial charge is 0.477 e. The van der Waals surface area contributed by atoms with E-state index in [1.165, 1.54) is 6.07 Å². The van der Waals surface area contributed by atoms with Gasteiger partial charge in [0.1, 0.15) is 12.3 Å². The Hall–Kier alpha value is -3.68. The predicted molar refractivity (Wildman–Crippen MR) is 112 cm³/mol. The first-order valence-corrected chi connectivity index (χ1v) is 10.00. The third-order valence-electron chi connectivity index (χ3n) is 5.22. The van der Waals surface area contributed by atoms with E-state index < -0.39 is 17.7 Å². The highest BCUT2D eigenvalue weighted by Crippen LogP contribution is 2.43. The number of nitrogens with zero attached hydrogens (tertiary/aromatic N) is 2. The summed E-state index contributed by atoms with van der Waals surface area (Å²) in [5.74, 6) is -1.06. The molecule has 0 aliphatic heterocycles. The maximum atomic E-state index is 13.4. The van der Waals surface area contributed by atoms with Gasteiger partial charge in [-0.25, -0.2) is 14.8 Å². The Bertz CT molecular complexity index is 1170. The lowest BCUT2D eigenvalue weighted by Crippen LogP contribution is -2.09. The molecule has 0 radical (unpaired) electrons. The van der Waals surface area contributed by atoms with Crippen molar-refractivity contribution in [1.29, 1.82) is 0 Å². The topological polar surface area (TPSA) is 72.3 Å². The molecular formula is C24H19F3N2O3. The average molecular weight is 440 g/mol. The van der Waals surface area contributed by atoms with E-state index in [0.717, 1.165) is 17.8 Å². The SMILES string of the molecule is O=C(O)c1cccc(C2=C(c3cc(C(F)(F)F)cnc3OCc3ccccc3)CCC2)n1. The van der Waals surface area contributed by atoms with E-state index in [1.54, 1.807) is 12.1 Å². The number of carboxylic acids is 1. The lowest BCUT2D eigenvalue weighted by molar-refractivity contribution is -0.137. The van der Waals surface area contributed by atoms with Crippen molar-refractivity contribution in [3.63, 3.8) is 0 Å². The summed E-state index contributed by atoms with van der Waals surface area (Å²) >= 11 is 0. The summed E-state index contributed by atoms with van der Waals surface area (Å²) in [6.07, 6.45) is -2.00. The maximum absolute atomic E-state index is 13.4. The summed E-state index contributed by atoms with van der Waals surface area (Å²) in [7, 11) is 0. The molecule has 0 saturated carbocycles. The fourth-order valence-corrected chi connectivity index (χ4v) is 3.71. The smallest absolute Gasteiger partial charge is 0.417 e. The first-order valence-electron chi connectivity index (χ1n) is 10.00. The van der Waals surface area contributed by atoms with Gasteiger partial charge in [0.15, 0.2) is 0 Å². The number of carbonyl (C=O) groups is 1. The van der Waals surface area contributed by atoms with Gasteiger partial charge in [0.05, 0.1) is 11.3 Å². The van der Waals surface area contributed by atoms with Crippen molar-refractivity contribution in [2.24, 2.45) is 0 Å². The van der Waals surface area contributed by atoms with Gasteiger partial charge in [-0.2, -0.15) is 13.2 Å². The molecule has 0 bridgehead atoms. The Morgan fingerprint density at radius 1 is 1.03 bits per heavy atom. The number of rotatable bonds is 6. The quantitative estimate of drug-likeness (QED) is 0.519. The van der Waals surface area contributed by atoms with E-state index in [2.05, 4.69) is 9.97 Å². The minimum Gasteiger partial charge on any atom is -0.477 e. The minimum absolute atomic E-state index is 0.102. The standard InChI is InChI=1S/C24H19F3N2O3/c25-24(26,27)16-12-19(22(28-13-16)32-14-15-6-2-1-3-7-15)17-8-4-9-18(17)20-10-5-11-21(29-20)23(30)31/h1-3,5-7,10-13H,4,8-9,14H2,(H,30,31). The molecule has 32 heavy (non-hydrogen) atoms. The van der Waals surface area contributed by atoms with Crippen LogP contribution in [0.3, 0.4) is 0 Å². The van der Waals surface area contributed by atoms with Crippen molar-refractivity contribution in [3.8, 4) is 5.88 Å². The second kappa shape index (κ2) is 8.82. The number of allylic oxidation sites excluding steroid dienone is 2. The Kier molecular flexibility index (Phi) is 5.94. The number of ether oxygens (including phenoxy) is 1. The van der Waals surface area contributed by atoms with Crippen molar-refractivity contribution < 1.29 is 27.8 Å². The number of aromatic carboxylic acids is 1. The van der Waals surface area contributed by atoms with Gasteiger partial charge in [-0.05, 0) is 54.2 Å². The lowest BCUT2D eigenvalue weighted by Gasteiger charge is -2.16.